The molecule has 0 unspecified atom stereocenters. The molecule has 2 rings (SSSR count). The van der Waals surface area contributed by atoms with Gasteiger partial charge in [0.05, 0.1) is 17.9 Å². The second-order valence-electron chi connectivity index (χ2n) is 4.75. The van der Waals surface area contributed by atoms with Gasteiger partial charge in [-0.2, -0.15) is 5.26 Å². The molecule has 1 heterocycles. The molecule has 19 heavy (non-hydrogen) atoms. The number of pyridine rings is 1. The van der Waals surface area contributed by atoms with E-state index in [0.717, 1.165) is 19.3 Å². The highest BCUT2D eigenvalue weighted by molar-refractivity contribution is 5.92. The van der Waals surface area contributed by atoms with Crippen molar-refractivity contribution in [3.63, 3.8) is 0 Å². The number of aromatic nitrogens is 1. The first-order valence-corrected chi connectivity index (χ1v) is 6.47. The summed E-state index contributed by atoms with van der Waals surface area (Å²) in [5.74, 6) is -0.161. The number of rotatable bonds is 4. The maximum atomic E-state index is 12.4. The third kappa shape index (κ3) is 2.74. The van der Waals surface area contributed by atoms with Gasteiger partial charge < -0.3 is 10.0 Å². The number of aryl methyl sites for hydroxylation is 1. The lowest BCUT2D eigenvalue weighted by Crippen LogP contribution is -2.45. The van der Waals surface area contributed by atoms with E-state index >= 15 is 0 Å². The summed E-state index contributed by atoms with van der Waals surface area (Å²) in [6, 6.07) is 5.45. The van der Waals surface area contributed by atoms with Crippen LogP contribution in [0.15, 0.2) is 12.1 Å². The van der Waals surface area contributed by atoms with Crippen LogP contribution in [0.4, 0.5) is 0 Å². The summed E-state index contributed by atoms with van der Waals surface area (Å²) >= 11 is 0. The van der Waals surface area contributed by atoms with E-state index in [2.05, 4.69) is 4.98 Å². The molecule has 0 spiro atoms. The fourth-order valence-corrected chi connectivity index (χ4v) is 2.20. The maximum Gasteiger partial charge on any atom is 0.272 e. The summed E-state index contributed by atoms with van der Waals surface area (Å²) in [7, 11) is 0. The minimum atomic E-state index is -0.161. The average Bonchev–Trinajstić information content (AvgIpc) is 2.35. The van der Waals surface area contributed by atoms with Crippen LogP contribution in [-0.2, 0) is 0 Å². The van der Waals surface area contributed by atoms with E-state index in [-0.39, 0.29) is 18.6 Å². The van der Waals surface area contributed by atoms with Crippen molar-refractivity contribution in [1.29, 1.82) is 5.26 Å². The van der Waals surface area contributed by atoms with Crippen molar-refractivity contribution in [2.75, 3.05) is 13.2 Å². The second kappa shape index (κ2) is 5.81. The molecule has 0 bridgehead atoms. The summed E-state index contributed by atoms with van der Waals surface area (Å²) < 4.78 is 0. The smallest absolute Gasteiger partial charge is 0.272 e. The van der Waals surface area contributed by atoms with E-state index in [0.29, 0.717) is 23.5 Å². The Morgan fingerprint density at radius 3 is 2.79 bits per heavy atom. The molecule has 100 valence electrons. The van der Waals surface area contributed by atoms with Crippen LogP contribution in [0.2, 0.25) is 0 Å². The maximum absolute atomic E-state index is 12.4. The number of carbonyl (C=O) groups excluding carboxylic acids is 1. The molecule has 1 N–H and O–H groups in total. The predicted octanol–water partition coefficient (Wildman–Crippen LogP) is 1.25. The Hall–Kier alpha value is -1.93. The van der Waals surface area contributed by atoms with Crippen molar-refractivity contribution in [2.45, 2.75) is 32.2 Å². The molecule has 1 amide bonds. The van der Waals surface area contributed by atoms with E-state index < -0.39 is 0 Å². The first-order valence-electron chi connectivity index (χ1n) is 6.47. The second-order valence-corrected chi connectivity index (χ2v) is 4.75. The first kappa shape index (κ1) is 13.5. The zero-order chi connectivity index (χ0) is 13.8. The Morgan fingerprint density at radius 2 is 2.32 bits per heavy atom. The Kier molecular flexibility index (Phi) is 4.13. The Balaban J connectivity index is 2.21. The van der Waals surface area contributed by atoms with E-state index in [9.17, 15) is 4.79 Å². The molecule has 1 aromatic heterocycles. The molecule has 0 aromatic carbocycles. The lowest BCUT2D eigenvalue weighted by atomic mass is 9.91. The normalized spacial score (nSPS) is 14.6. The van der Waals surface area contributed by atoms with Gasteiger partial charge in [-0.1, -0.05) is 0 Å². The number of amides is 1. The molecule has 0 aliphatic heterocycles. The highest BCUT2D eigenvalue weighted by atomic mass is 16.3. The van der Waals surface area contributed by atoms with Gasteiger partial charge in [0.1, 0.15) is 11.8 Å². The summed E-state index contributed by atoms with van der Waals surface area (Å²) in [5, 5.41) is 17.9. The number of nitriles is 1. The molecular formula is C14H17N3O2. The standard InChI is InChI=1S/C14H17N3O2/c1-10-11(9-15)5-6-13(16-10)14(19)17(7-8-18)12-3-2-4-12/h5-6,12,18H,2-4,7-8H2,1H3. The van der Waals surface area contributed by atoms with E-state index in [1.165, 1.54) is 0 Å². The summed E-state index contributed by atoms with van der Waals surface area (Å²) in [5.41, 5.74) is 1.39. The molecule has 0 saturated heterocycles. The molecule has 5 nitrogen and oxygen atoms in total. The largest absolute Gasteiger partial charge is 0.395 e. The Labute approximate surface area is 112 Å². The molecule has 0 atom stereocenters. The zero-order valence-electron chi connectivity index (χ0n) is 11.0. The third-order valence-corrected chi connectivity index (χ3v) is 3.54. The van der Waals surface area contributed by atoms with Crippen molar-refractivity contribution < 1.29 is 9.90 Å². The van der Waals surface area contributed by atoms with Crippen molar-refractivity contribution in [3.8, 4) is 6.07 Å². The summed E-state index contributed by atoms with van der Waals surface area (Å²) in [6.07, 6.45) is 3.10. The summed E-state index contributed by atoms with van der Waals surface area (Å²) in [4.78, 5) is 18.3. The van der Waals surface area contributed by atoms with Crippen LogP contribution in [-0.4, -0.2) is 40.1 Å². The molecule has 1 aromatic rings. The predicted molar refractivity (Wildman–Crippen MR) is 69.5 cm³/mol. The van der Waals surface area contributed by atoms with Crippen molar-refractivity contribution >= 4 is 5.91 Å². The number of carbonyl (C=O) groups is 1. The van der Waals surface area contributed by atoms with Gasteiger partial charge in [0, 0.05) is 12.6 Å². The highest BCUT2D eigenvalue weighted by Crippen LogP contribution is 2.25. The molecular weight excluding hydrogens is 242 g/mol. The lowest BCUT2D eigenvalue weighted by Gasteiger charge is -2.37. The van der Waals surface area contributed by atoms with Crippen LogP contribution in [0.5, 0.6) is 0 Å². The topological polar surface area (TPSA) is 77.2 Å². The quantitative estimate of drug-likeness (QED) is 0.882. The number of aliphatic hydroxyl groups is 1. The van der Waals surface area contributed by atoms with Gasteiger partial charge in [0.15, 0.2) is 0 Å². The number of hydrogen-bond donors (Lipinski definition) is 1. The van der Waals surface area contributed by atoms with Crippen LogP contribution in [0.25, 0.3) is 0 Å². The molecule has 1 aliphatic rings. The van der Waals surface area contributed by atoms with Gasteiger partial charge in [-0.05, 0) is 38.3 Å². The average molecular weight is 259 g/mol. The minimum Gasteiger partial charge on any atom is -0.395 e. The number of nitrogens with zero attached hydrogens (tertiary/aromatic N) is 3. The van der Waals surface area contributed by atoms with Crippen molar-refractivity contribution in [1.82, 2.24) is 9.88 Å². The molecule has 1 fully saturated rings. The van der Waals surface area contributed by atoms with E-state index in [1.807, 2.05) is 6.07 Å². The molecule has 0 radical (unpaired) electrons. The number of hydrogen-bond acceptors (Lipinski definition) is 4. The van der Waals surface area contributed by atoms with Gasteiger partial charge in [-0.3, -0.25) is 4.79 Å². The van der Waals surface area contributed by atoms with Gasteiger partial charge in [0.25, 0.3) is 5.91 Å². The molecule has 1 aliphatic carbocycles. The van der Waals surface area contributed by atoms with Crippen LogP contribution in [0.1, 0.15) is 41.0 Å². The lowest BCUT2D eigenvalue weighted by molar-refractivity contribution is 0.0519. The van der Waals surface area contributed by atoms with Crippen LogP contribution in [0, 0.1) is 18.3 Å². The minimum absolute atomic E-state index is 0.0441. The summed E-state index contributed by atoms with van der Waals surface area (Å²) in [6.45, 7) is 2.01. The third-order valence-electron chi connectivity index (χ3n) is 3.54. The van der Waals surface area contributed by atoms with Gasteiger partial charge >= 0.3 is 0 Å². The van der Waals surface area contributed by atoms with Crippen LogP contribution in [0.3, 0.4) is 0 Å². The van der Waals surface area contributed by atoms with Crippen LogP contribution < -0.4 is 0 Å². The highest BCUT2D eigenvalue weighted by Gasteiger charge is 2.29. The van der Waals surface area contributed by atoms with E-state index in [1.54, 1.807) is 24.0 Å². The van der Waals surface area contributed by atoms with Crippen LogP contribution >= 0.6 is 0 Å². The SMILES string of the molecule is Cc1nc(C(=O)N(CCO)C2CCC2)ccc1C#N. The Bertz CT molecular complexity index is 518. The van der Waals surface area contributed by atoms with Gasteiger partial charge in [-0.25, -0.2) is 4.98 Å². The van der Waals surface area contributed by atoms with Gasteiger partial charge in [0.2, 0.25) is 0 Å². The zero-order valence-corrected chi connectivity index (χ0v) is 11.0. The fourth-order valence-electron chi connectivity index (χ4n) is 2.20. The van der Waals surface area contributed by atoms with Gasteiger partial charge in [-0.15, -0.1) is 0 Å². The van der Waals surface area contributed by atoms with E-state index in [4.69, 9.17) is 10.4 Å². The number of aliphatic hydroxyl groups excluding tert-OH is 1. The van der Waals surface area contributed by atoms with Crippen molar-refractivity contribution in [2.24, 2.45) is 0 Å². The Morgan fingerprint density at radius 1 is 1.58 bits per heavy atom. The monoisotopic (exact) mass is 259 g/mol. The first-order chi connectivity index (χ1) is 9.17. The van der Waals surface area contributed by atoms with Crippen molar-refractivity contribution in [3.05, 3.63) is 29.1 Å². The molecule has 5 heteroatoms. The molecule has 1 saturated carbocycles. The fraction of sp³-hybridized carbons (Fsp3) is 0.500.